The Morgan fingerprint density at radius 3 is 2.47 bits per heavy atom. The van der Waals surface area contributed by atoms with Crippen LogP contribution >= 0.6 is 0 Å². The molecule has 0 bridgehead atoms. The van der Waals surface area contributed by atoms with Crippen LogP contribution < -0.4 is 11.3 Å². The van der Waals surface area contributed by atoms with E-state index in [1.807, 2.05) is 0 Å². The van der Waals surface area contributed by atoms with Crippen molar-refractivity contribution in [2.75, 3.05) is 6.26 Å². The summed E-state index contributed by atoms with van der Waals surface area (Å²) in [6, 6.07) is 5.74. The third-order valence-electron chi connectivity index (χ3n) is 2.85. The second kappa shape index (κ2) is 5.57. The fourth-order valence-electron chi connectivity index (χ4n) is 1.56. The summed E-state index contributed by atoms with van der Waals surface area (Å²) in [4.78, 5) is 0. The Labute approximate surface area is 101 Å². The van der Waals surface area contributed by atoms with E-state index in [1.54, 1.807) is 25.1 Å². The van der Waals surface area contributed by atoms with Gasteiger partial charge in [0.25, 0.3) is 0 Å². The molecule has 96 valence electrons. The topological polar surface area (TPSA) is 72.2 Å². The smallest absolute Gasteiger partial charge is 0.151 e. The zero-order valence-corrected chi connectivity index (χ0v) is 10.7. The SMILES string of the molecule is CC(C(Cc1ccccc1F)NN)S(C)(=O)=O. The number of halogens is 1. The van der Waals surface area contributed by atoms with Crippen LogP contribution in [0.3, 0.4) is 0 Å². The number of nitrogens with one attached hydrogen (secondary N) is 1. The number of nitrogens with two attached hydrogens (primary N) is 1. The van der Waals surface area contributed by atoms with Crippen LogP contribution in [-0.2, 0) is 16.3 Å². The minimum absolute atomic E-state index is 0.234. The molecule has 0 radical (unpaired) electrons. The van der Waals surface area contributed by atoms with Gasteiger partial charge in [0.05, 0.1) is 5.25 Å². The van der Waals surface area contributed by atoms with Crippen LogP contribution in [0, 0.1) is 5.82 Å². The van der Waals surface area contributed by atoms with Gasteiger partial charge in [-0.15, -0.1) is 0 Å². The van der Waals surface area contributed by atoms with E-state index in [9.17, 15) is 12.8 Å². The van der Waals surface area contributed by atoms with Gasteiger partial charge in [-0.1, -0.05) is 18.2 Å². The molecule has 3 N–H and O–H groups in total. The minimum atomic E-state index is -3.21. The summed E-state index contributed by atoms with van der Waals surface area (Å²) in [7, 11) is -3.21. The van der Waals surface area contributed by atoms with Gasteiger partial charge in [-0.3, -0.25) is 11.3 Å². The van der Waals surface area contributed by atoms with Crippen molar-refractivity contribution in [2.24, 2.45) is 5.84 Å². The van der Waals surface area contributed by atoms with E-state index in [0.29, 0.717) is 5.56 Å². The fraction of sp³-hybridized carbons (Fsp3) is 0.455. The van der Waals surface area contributed by atoms with E-state index in [1.165, 1.54) is 6.07 Å². The molecule has 0 saturated carbocycles. The van der Waals surface area contributed by atoms with Crippen molar-refractivity contribution in [1.82, 2.24) is 5.43 Å². The Kier molecular flexibility index (Phi) is 4.62. The van der Waals surface area contributed by atoms with Crippen LogP contribution in [0.1, 0.15) is 12.5 Å². The molecule has 0 aliphatic carbocycles. The van der Waals surface area contributed by atoms with Gasteiger partial charge in [0.15, 0.2) is 9.84 Å². The summed E-state index contributed by atoms with van der Waals surface area (Å²) >= 11 is 0. The van der Waals surface area contributed by atoms with E-state index < -0.39 is 21.1 Å². The van der Waals surface area contributed by atoms with Gasteiger partial charge in [-0.2, -0.15) is 0 Å². The first-order valence-corrected chi connectivity index (χ1v) is 7.20. The molecule has 1 aromatic rings. The number of hydrazine groups is 1. The Hall–Kier alpha value is -0.980. The predicted molar refractivity (Wildman–Crippen MR) is 65.5 cm³/mol. The van der Waals surface area contributed by atoms with Crippen LogP contribution in [0.15, 0.2) is 24.3 Å². The van der Waals surface area contributed by atoms with Gasteiger partial charge in [-0.25, -0.2) is 12.8 Å². The standard InChI is InChI=1S/C11H17FN2O2S/c1-8(17(2,15)16)11(14-13)7-9-5-3-4-6-10(9)12/h3-6,8,11,14H,7,13H2,1-2H3. The lowest BCUT2D eigenvalue weighted by Gasteiger charge is -2.22. The Bertz CT molecular complexity index is 476. The molecule has 0 heterocycles. The summed E-state index contributed by atoms with van der Waals surface area (Å²) < 4.78 is 36.3. The predicted octanol–water partition coefficient (Wildman–Crippen LogP) is 0.633. The van der Waals surface area contributed by atoms with Crippen LogP contribution in [0.2, 0.25) is 0 Å². The van der Waals surface area contributed by atoms with Crippen molar-refractivity contribution in [1.29, 1.82) is 0 Å². The summed E-state index contributed by atoms with van der Waals surface area (Å²) in [5.74, 6) is 4.98. The number of sulfone groups is 1. The number of hydrogen-bond acceptors (Lipinski definition) is 4. The maximum Gasteiger partial charge on any atom is 0.151 e. The molecular weight excluding hydrogens is 243 g/mol. The summed E-state index contributed by atoms with van der Waals surface area (Å²) in [5, 5.41) is -0.674. The maximum absolute atomic E-state index is 13.4. The van der Waals surface area contributed by atoms with E-state index in [2.05, 4.69) is 5.43 Å². The molecule has 1 rings (SSSR count). The molecule has 2 atom stereocenters. The zero-order valence-electron chi connectivity index (χ0n) is 9.85. The average Bonchev–Trinajstić information content (AvgIpc) is 2.26. The highest BCUT2D eigenvalue weighted by Gasteiger charge is 2.25. The van der Waals surface area contributed by atoms with Gasteiger partial charge in [0.2, 0.25) is 0 Å². The van der Waals surface area contributed by atoms with Crippen LogP contribution in [0.5, 0.6) is 0 Å². The molecule has 0 spiro atoms. The summed E-state index contributed by atoms with van der Waals surface area (Å²) in [6.45, 7) is 1.56. The Balaban J connectivity index is 2.88. The lowest BCUT2D eigenvalue weighted by Crippen LogP contribution is -2.47. The quantitative estimate of drug-likeness (QED) is 0.602. The first-order chi connectivity index (χ1) is 7.86. The molecule has 2 unspecified atom stereocenters. The van der Waals surface area contributed by atoms with E-state index >= 15 is 0 Å². The molecule has 4 nitrogen and oxygen atoms in total. The van der Waals surface area contributed by atoms with Gasteiger partial charge in [0.1, 0.15) is 5.82 Å². The van der Waals surface area contributed by atoms with Gasteiger partial charge in [0, 0.05) is 12.3 Å². The number of benzene rings is 1. The Morgan fingerprint density at radius 2 is 2.00 bits per heavy atom. The molecular formula is C11H17FN2O2S. The van der Waals surface area contributed by atoms with Crippen molar-refractivity contribution in [3.63, 3.8) is 0 Å². The van der Waals surface area contributed by atoms with E-state index in [4.69, 9.17) is 5.84 Å². The van der Waals surface area contributed by atoms with Crippen LogP contribution in [-0.4, -0.2) is 26.0 Å². The zero-order chi connectivity index (χ0) is 13.1. The molecule has 1 aromatic carbocycles. The first kappa shape index (κ1) is 14.1. The molecule has 17 heavy (non-hydrogen) atoms. The van der Waals surface area contributed by atoms with Gasteiger partial charge >= 0.3 is 0 Å². The van der Waals surface area contributed by atoms with Crippen LogP contribution in [0.4, 0.5) is 4.39 Å². The molecule has 0 saturated heterocycles. The van der Waals surface area contributed by atoms with Crippen molar-refractivity contribution < 1.29 is 12.8 Å². The third-order valence-corrected chi connectivity index (χ3v) is 4.53. The maximum atomic E-state index is 13.4. The van der Waals surface area contributed by atoms with Crippen molar-refractivity contribution in [3.8, 4) is 0 Å². The average molecular weight is 260 g/mol. The van der Waals surface area contributed by atoms with Crippen molar-refractivity contribution in [2.45, 2.75) is 24.6 Å². The molecule has 0 fully saturated rings. The highest BCUT2D eigenvalue weighted by Crippen LogP contribution is 2.13. The van der Waals surface area contributed by atoms with Crippen LogP contribution in [0.25, 0.3) is 0 Å². The van der Waals surface area contributed by atoms with Crippen molar-refractivity contribution >= 4 is 9.84 Å². The largest absolute Gasteiger partial charge is 0.271 e. The Morgan fingerprint density at radius 1 is 1.41 bits per heavy atom. The first-order valence-electron chi connectivity index (χ1n) is 5.24. The van der Waals surface area contributed by atoms with Gasteiger partial charge in [-0.05, 0) is 25.0 Å². The third kappa shape index (κ3) is 3.76. The second-order valence-electron chi connectivity index (χ2n) is 4.10. The van der Waals surface area contributed by atoms with E-state index in [-0.39, 0.29) is 12.2 Å². The fourth-order valence-corrected chi connectivity index (χ4v) is 2.33. The monoisotopic (exact) mass is 260 g/mol. The minimum Gasteiger partial charge on any atom is -0.271 e. The highest BCUT2D eigenvalue weighted by molar-refractivity contribution is 7.91. The molecule has 0 aliphatic rings. The summed E-state index contributed by atoms with van der Waals surface area (Å²) in [6.07, 6.45) is 1.38. The molecule has 6 heteroatoms. The lowest BCUT2D eigenvalue weighted by atomic mass is 10.0. The normalized spacial score (nSPS) is 15.5. The number of rotatable bonds is 5. The van der Waals surface area contributed by atoms with Gasteiger partial charge < -0.3 is 0 Å². The lowest BCUT2D eigenvalue weighted by molar-refractivity contribution is 0.484. The molecule has 0 aliphatic heterocycles. The van der Waals surface area contributed by atoms with Crippen molar-refractivity contribution in [3.05, 3.63) is 35.6 Å². The van der Waals surface area contributed by atoms with E-state index in [0.717, 1.165) is 6.26 Å². The second-order valence-corrected chi connectivity index (χ2v) is 6.51. The summed E-state index contributed by atoms with van der Waals surface area (Å²) in [5.41, 5.74) is 2.89. The molecule has 0 aromatic heterocycles. The molecule has 0 amide bonds. The number of hydrogen-bond donors (Lipinski definition) is 2. The highest BCUT2D eigenvalue weighted by atomic mass is 32.2.